The van der Waals surface area contributed by atoms with Crippen LogP contribution in [0.1, 0.15) is 35.7 Å². The third-order valence-corrected chi connectivity index (χ3v) is 8.45. The summed E-state index contributed by atoms with van der Waals surface area (Å²) in [5, 5.41) is 9.17. The molecule has 2 aromatic rings. The van der Waals surface area contributed by atoms with Gasteiger partial charge in [-0.3, -0.25) is 0 Å². The van der Waals surface area contributed by atoms with Crippen LogP contribution in [-0.4, -0.2) is 48.5 Å². The van der Waals surface area contributed by atoms with Crippen molar-refractivity contribution in [1.29, 1.82) is 0 Å². The van der Waals surface area contributed by atoms with E-state index in [1.807, 2.05) is 18.2 Å². The fraction of sp³-hybridized carbons (Fsp3) is 0.421. The molecule has 0 saturated carbocycles. The normalized spacial score (nSPS) is 23.9. The minimum Gasteiger partial charge on any atom is -0.466 e. The lowest BCUT2D eigenvalue weighted by molar-refractivity contribution is -0.143. The van der Waals surface area contributed by atoms with E-state index >= 15 is 0 Å². The van der Waals surface area contributed by atoms with E-state index in [0.29, 0.717) is 25.9 Å². The fourth-order valence-corrected chi connectivity index (χ4v) is 6.29. The molecule has 0 unspecified atom stereocenters. The van der Waals surface area contributed by atoms with Gasteiger partial charge in [0.1, 0.15) is 5.75 Å². The molecule has 0 aliphatic carbocycles. The maximum absolute atomic E-state index is 12.0. The zero-order chi connectivity index (χ0) is 19.5. The number of hydrazone groups is 1. The summed E-state index contributed by atoms with van der Waals surface area (Å²) in [7, 11) is -3.20. The Morgan fingerprint density at radius 2 is 2.07 bits per heavy atom. The zero-order valence-corrected chi connectivity index (χ0v) is 18.6. The molecule has 0 amide bonds. The van der Waals surface area contributed by atoms with Crippen LogP contribution in [0.5, 0.6) is 5.75 Å². The third kappa shape index (κ3) is 2.99. The quantitative estimate of drug-likeness (QED) is 0.654. The van der Waals surface area contributed by atoms with E-state index in [-0.39, 0.29) is 6.04 Å². The van der Waals surface area contributed by atoms with Gasteiger partial charge in [0, 0.05) is 42.4 Å². The maximum atomic E-state index is 12.0. The topological polar surface area (TPSA) is 62.2 Å². The number of ether oxygens (including phenoxy) is 1. The number of hydrogen-bond donors (Lipinski definition) is 0. The van der Waals surface area contributed by atoms with Crippen molar-refractivity contribution in [3.8, 4) is 5.75 Å². The second-order valence-corrected chi connectivity index (χ2v) is 11.3. The molecule has 1 aromatic heterocycles. The lowest BCUT2D eigenvalue weighted by atomic mass is 9.92. The summed E-state index contributed by atoms with van der Waals surface area (Å²) < 4.78 is 33.0. The Morgan fingerprint density at radius 1 is 1.29 bits per heavy atom. The van der Waals surface area contributed by atoms with Crippen LogP contribution in [-0.2, 0) is 10.0 Å². The third-order valence-electron chi connectivity index (χ3n) is 5.74. The van der Waals surface area contributed by atoms with Gasteiger partial charge in [-0.1, -0.05) is 22.0 Å². The first kappa shape index (κ1) is 18.6. The van der Waals surface area contributed by atoms with E-state index in [1.165, 1.54) is 15.4 Å². The van der Waals surface area contributed by atoms with E-state index in [4.69, 9.17) is 9.84 Å². The van der Waals surface area contributed by atoms with E-state index in [1.54, 1.807) is 11.3 Å². The molecular formula is C19H20BrN3O3S2. The summed E-state index contributed by atoms with van der Waals surface area (Å²) in [4.78, 5) is 1.18. The summed E-state index contributed by atoms with van der Waals surface area (Å²) in [5.74, 6) is 0.875. The zero-order valence-electron chi connectivity index (χ0n) is 15.3. The van der Waals surface area contributed by atoms with Crippen molar-refractivity contribution in [2.75, 3.05) is 19.3 Å². The van der Waals surface area contributed by atoms with Crippen LogP contribution in [0.4, 0.5) is 0 Å². The monoisotopic (exact) mass is 481 g/mol. The van der Waals surface area contributed by atoms with Crippen molar-refractivity contribution >= 4 is 43.0 Å². The highest BCUT2D eigenvalue weighted by Gasteiger charge is 2.52. The van der Waals surface area contributed by atoms with Crippen LogP contribution in [0.25, 0.3) is 0 Å². The number of fused-ring (bicyclic) bond motifs is 4. The van der Waals surface area contributed by atoms with Gasteiger partial charge in [-0.05, 0) is 29.6 Å². The molecule has 0 radical (unpaired) electrons. The number of sulfonamides is 1. The summed E-state index contributed by atoms with van der Waals surface area (Å²) in [5.41, 5.74) is 1.59. The molecule has 0 N–H and O–H groups in total. The Kier molecular flexibility index (Phi) is 4.35. The Bertz CT molecular complexity index is 1040. The van der Waals surface area contributed by atoms with Gasteiger partial charge in [-0.15, -0.1) is 11.3 Å². The van der Waals surface area contributed by atoms with Gasteiger partial charge < -0.3 is 4.74 Å². The van der Waals surface area contributed by atoms with Crippen molar-refractivity contribution in [2.45, 2.75) is 31.0 Å². The van der Waals surface area contributed by atoms with Gasteiger partial charge in [0.25, 0.3) is 0 Å². The van der Waals surface area contributed by atoms with Crippen LogP contribution < -0.4 is 4.74 Å². The molecular weight excluding hydrogens is 462 g/mol. The summed E-state index contributed by atoms with van der Waals surface area (Å²) in [6, 6.07) is 10.3. The highest BCUT2D eigenvalue weighted by atomic mass is 79.9. The molecule has 1 fully saturated rings. The molecule has 6 nitrogen and oxygen atoms in total. The van der Waals surface area contributed by atoms with Crippen LogP contribution in [0, 0.1) is 0 Å². The van der Waals surface area contributed by atoms with E-state index in [0.717, 1.165) is 27.9 Å². The van der Waals surface area contributed by atoms with Gasteiger partial charge in [-0.2, -0.15) is 5.10 Å². The van der Waals surface area contributed by atoms with Crippen molar-refractivity contribution in [2.24, 2.45) is 5.10 Å². The Labute approximate surface area is 177 Å². The van der Waals surface area contributed by atoms with Crippen LogP contribution in [0.15, 0.2) is 45.3 Å². The number of piperidine rings is 1. The first-order valence-electron chi connectivity index (χ1n) is 9.20. The molecule has 1 spiro atoms. The van der Waals surface area contributed by atoms with Crippen LogP contribution in [0.3, 0.4) is 0 Å². The van der Waals surface area contributed by atoms with E-state index in [2.05, 4.69) is 38.5 Å². The maximum Gasteiger partial charge on any atom is 0.211 e. The van der Waals surface area contributed by atoms with Crippen molar-refractivity contribution in [3.63, 3.8) is 0 Å². The number of benzene rings is 1. The van der Waals surface area contributed by atoms with Gasteiger partial charge in [0.05, 0.1) is 22.9 Å². The Morgan fingerprint density at radius 3 is 2.75 bits per heavy atom. The first-order chi connectivity index (χ1) is 13.4. The second kappa shape index (κ2) is 6.55. The number of thiophene rings is 1. The van der Waals surface area contributed by atoms with Crippen LogP contribution >= 0.6 is 27.3 Å². The molecule has 5 rings (SSSR count). The van der Waals surface area contributed by atoms with Gasteiger partial charge >= 0.3 is 0 Å². The number of nitrogens with zero attached hydrogens (tertiary/aromatic N) is 3. The van der Waals surface area contributed by atoms with E-state index in [9.17, 15) is 8.42 Å². The van der Waals surface area contributed by atoms with Crippen molar-refractivity contribution in [3.05, 3.63) is 50.6 Å². The average Bonchev–Trinajstić information content (AvgIpc) is 3.32. The van der Waals surface area contributed by atoms with Gasteiger partial charge in [-0.25, -0.2) is 17.7 Å². The minimum atomic E-state index is -3.20. The highest BCUT2D eigenvalue weighted by Crippen LogP contribution is 2.50. The molecule has 1 saturated heterocycles. The molecule has 1 aromatic carbocycles. The Balaban J connectivity index is 1.55. The second-order valence-electron chi connectivity index (χ2n) is 7.48. The molecule has 4 heterocycles. The molecule has 0 bridgehead atoms. The molecule has 3 aliphatic rings. The Hall–Kier alpha value is -1.42. The van der Waals surface area contributed by atoms with Crippen molar-refractivity contribution < 1.29 is 13.2 Å². The predicted molar refractivity (Wildman–Crippen MR) is 113 cm³/mol. The summed E-state index contributed by atoms with van der Waals surface area (Å²) in [6.07, 6.45) is 3.27. The molecule has 148 valence electrons. The minimum absolute atomic E-state index is 0.100. The highest BCUT2D eigenvalue weighted by molar-refractivity contribution is 9.10. The van der Waals surface area contributed by atoms with Crippen LogP contribution in [0.2, 0.25) is 0 Å². The van der Waals surface area contributed by atoms with Gasteiger partial charge in [0.2, 0.25) is 15.7 Å². The smallest absolute Gasteiger partial charge is 0.211 e. The fourth-order valence-electron chi connectivity index (χ4n) is 4.34. The SMILES string of the molecule is CS(=O)(=O)N1CCC2(CC1)Oc1ccc(Br)cc1[C@H]1CC(c3cccs3)=NN12. The van der Waals surface area contributed by atoms with Gasteiger partial charge in [0.15, 0.2) is 0 Å². The summed E-state index contributed by atoms with van der Waals surface area (Å²) in [6.45, 7) is 0.884. The lowest BCUT2D eigenvalue weighted by Crippen LogP contribution is -2.59. The number of hydrogen-bond acceptors (Lipinski definition) is 6. The predicted octanol–water partition coefficient (Wildman–Crippen LogP) is 3.81. The molecule has 3 aliphatic heterocycles. The van der Waals surface area contributed by atoms with Crippen molar-refractivity contribution in [1.82, 2.24) is 9.31 Å². The summed E-state index contributed by atoms with van der Waals surface area (Å²) >= 11 is 5.27. The number of rotatable bonds is 2. The molecule has 28 heavy (non-hydrogen) atoms. The molecule has 1 atom stereocenters. The number of halogens is 1. The lowest BCUT2D eigenvalue weighted by Gasteiger charge is -2.50. The largest absolute Gasteiger partial charge is 0.466 e. The standard InChI is InChI=1S/C19H20BrN3O3S2/c1-28(24,25)22-8-6-19(7-9-22)23-16(12-15(21-23)18-3-2-10-27-18)14-11-13(20)4-5-17(14)26-19/h2-5,10-11,16H,6-9,12H2,1H3/t16-/m1/s1. The molecule has 9 heteroatoms. The average molecular weight is 482 g/mol. The first-order valence-corrected chi connectivity index (χ1v) is 12.7. The van der Waals surface area contributed by atoms with E-state index < -0.39 is 15.7 Å².